The zero-order valence-corrected chi connectivity index (χ0v) is 10.1. The summed E-state index contributed by atoms with van der Waals surface area (Å²) < 4.78 is 5.31. The Morgan fingerprint density at radius 3 is 2.75 bits per heavy atom. The van der Waals surface area contributed by atoms with Gasteiger partial charge in [0, 0.05) is 18.2 Å². The Hall–Kier alpha value is -1.06. The molecule has 0 spiro atoms. The number of hydrogen-bond acceptors (Lipinski definition) is 3. The SMILES string of the molecule is COc1ccccc1C(C)NCCCCO. The predicted molar refractivity (Wildman–Crippen MR) is 65.7 cm³/mol. The molecular formula is C13H21NO2. The van der Waals surface area contributed by atoms with E-state index in [0.717, 1.165) is 25.1 Å². The van der Waals surface area contributed by atoms with E-state index >= 15 is 0 Å². The van der Waals surface area contributed by atoms with Crippen LogP contribution in [0, 0.1) is 0 Å². The highest BCUT2D eigenvalue weighted by Gasteiger charge is 2.09. The fourth-order valence-corrected chi connectivity index (χ4v) is 1.69. The van der Waals surface area contributed by atoms with Gasteiger partial charge in [0.2, 0.25) is 0 Å². The van der Waals surface area contributed by atoms with Crippen LogP contribution in [-0.2, 0) is 0 Å². The average Bonchev–Trinajstić information content (AvgIpc) is 2.34. The minimum atomic E-state index is 0.269. The summed E-state index contributed by atoms with van der Waals surface area (Å²) in [6.07, 6.45) is 1.85. The van der Waals surface area contributed by atoms with Crippen LogP contribution in [0.1, 0.15) is 31.4 Å². The summed E-state index contributed by atoms with van der Waals surface area (Å²) in [5, 5.41) is 12.1. The maximum absolute atomic E-state index is 8.68. The number of hydrogen-bond donors (Lipinski definition) is 2. The first-order valence-corrected chi connectivity index (χ1v) is 5.76. The Bertz CT molecular complexity index is 302. The van der Waals surface area contributed by atoms with Crippen molar-refractivity contribution in [3.05, 3.63) is 29.8 Å². The minimum Gasteiger partial charge on any atom is -0.496 e. The van der Waals surface area contributed by atoms with Gasteiger partial charge in [-0.15, -0.1) is 0 Å². The number of unbranched alkanes of at least 4 members (excludes halogenated alkanes) is 1. The molecule has 0 bridgehead atoms. The van der Waals surface area contributed by atoms with Gasteiger partial charge >= 0.3 is 0 Å². The third kappa shape index (κ3) is 3.83. The van der Waals surface area contributed by atoms with Crippen LogP contribution in [-0.4, -0.2) is 25.4 Å². The Morgan fingerprint density at radius 1 is 1.31 bits per heavy atom. The van der Waals surface area contributed by atoms with Gasteiger partial charge in [0.15, 0.2) is 0 Å². The lowest BCUT2D eigenvalue weighted by Gasteiger charge is -2.17. The highest BCUT2D eigenvalue weighted by atomic mass is 16.5. The predicted octanol–water partition coefficient (Wildman–Crippen LogP) is 2.12. The highest BCUT2D eigenvalue weighted by Crippen LogP contribution is 2.24. The molecule has 0 radical (unpaired) electrons. The number of rotatable bonds is 7. The topological polar surface area (TPSA) is 41.5 Å². The Labute approximate surface area is 97.4 Å². The second kappa shape index (κ2) is 7.25. The Balaban J connectivity index is 2.48. The van der Waals surface area contributed by atoms with Crippen molar-refractivity contribution in [2.24, 2.45) is 0 Å². The maximum atomic E-state index is 8.68. The minimum absolute atomic E-state index is 0.269. The first kappa shape index (κ1) is 13.0. The number of para-hydroxylation sites is 1. The summed E-state index contributed by atoms with van der Waals surface area (Å²) in [6.45, 7) is 3.31. The second-order valence-electron chi connectivity index (χ2n) is 3.85. The molecule has 0 aromatic heterocycles. The van der Waals surface area contributed by atoms with Crippen molar-refractivity contribution < 1.29 is 9.84 Å². The first-order valence-electron chi connectivity index (χ1n) is 5.76. The monoisotopic (exact) mass is 223 g/mol. The van der Waals surface area contributed by atoms with Crippen LogP contribution in [0.5, 0.6) is 5.75 Å². The second-order valence-corrected chi connectivity index (χ2v) is 3.85. The lowest BCUT2D eigenvalue weighted by molar-refractivity contribution is 0.282. The van der Waals surface area contributed by atoms with E-state index in [1.54, 1.807) is 7.11 Å². The number of nitrogens with one attached hydrogen (secondary N) is 1. The summed E-state index contributed by atoms with van der Waals surface area (Å²) >= 11 is 0. The van der Waals surface area contributed by atoms with Crippen molar-refractivity contribution >= 4 is 0 Å². The molecule has 90 valence electrons. The highest BCUT2D eigenvalue weighted by molar-refractivity contribution is 5.35. The van der Waals surface area contributed by atoms with Crippen molar-refractivity contribution in [3.63, 3.8) is 0 Å². The first-order chi connectivity index (χ1) is 7.79. The van der Waals surface area contributed by atoms with Gasteiger partial charge in [0.25, 0.3) is 0 Å². The largest absolute Gasteiger partial charge is 0.496 e. The quantitative estimate of drug-likeness (QED) is 0.696. The number of aliphatic hydroxyl groups excluding tert-OH is 1. The van der Waals surface area contributed by atoms with Gasteiger partial charge < -0.3 is 15.2 Å². The van der Waals surface area contributed by atoms with Gasteiger partial charge in [0.1, 0.15) is 5.75 Å². The molecule has 0 fully saturated rings. The normalized spacial score (nSPS) is 12.4. The standard InChI is InChI=1S/C13H21NO2/c1-11(14-9-5-6-10-15)12-7-3-4-8-13(12)16-2/h3-4,7-8,11,14-15H,5-6,9-10H2,1-2H3. The fourth-order valence-electron chi connectivity index (χ4n) is 1.69. The van der Waals surface area contributed by atoms with Crippen LogP contribution in [0.4, 0.5) is 0 Å². The number of ether oxygens (including phenoxy) is 1. The summed E-state index contributed by atoms with van der Waals surface area (Å²) in [5.74, 6) is 0.921. The lowest BCUT2D eigenvalue weighted by atomic mass is 10.1. The van der Waals surface area contributed by atoms with Crippen molar-refractivity contribution in [1.29, 1.82) is 0 Å². The van der Waals surface area contributed by atoms with Crippen LogP contribution in [0.3, 0.4) is 0 Å². The van der Waals surface area contributed by atoms with E-state index in [1.165, 1.54) is 5.56 Å². The van der Waals surface area contributed by atoms with Crippen LogP contribution in [0.15, 0.2) is 24.3 Å². The molecule has 0 heterocycles. The summed E-state index contributed by atoms with van der Waals surface area (Å²) in [6, 6.07) is 8.31. The third-order valence-electron chi connectivity index (χ3n) is 2.64. The van der Waals surface area contributed by atoms with Crippen molar-refractivity contribution in [2.75, 3.05) is 20.3 Å². The molecule has 0 saturated carbocycles. The molecule has 1 aromatic rings. The average molecular weight is 223 g/mol. The maximum Gasteiger partial charge on any atom is 0.123 e. The van der Waals surface area contributed by atoms with Crippen LogP contribution in [0.25, 0.3) is 0 Å². The van der Waals surface area contributed by atoms with Crippen molar-refractivity contribution in [1.82, 2.24) is 5.32 Å². The molecule has 3 nitrogen and oxygen atoms in total. The molecule has 0 aliphatic heterocycles. The van der Waals surface area contributed by atoms with E-state index < -0.39 is 0 Å². The number of aliphatic hydroxyl groups is 1. The molecule has 16 heavy (non-hydrogen) atoms. The van der Waals surface area contributed by atoms with Gasteiger partial charge in [-0.3, -0.25) is 0 Å². The summed E-state index contributed by atoms with van der Waals surface area (Å²) in [5.41, 5.74) is 1.17. The van der Waals surface area contributed by atoms with Crippen LogP contribution < -0.4 is 10.1 Å². The van der Waals surface area contributed by atoms with Crippen molar-refractivity contribution in [2.45, 2.75) is 25.8 Å². The van der Waals surface area contributed by atoms with E-state index in [-0.39, 0.29) is 12.6 Å². The third-order valence-corrected chi connectivity index (χ3v) is 2.64. The molecule has 1 aromatic carbocycles. The molecule has 0 aliphatic carbocycles. The van der Waals surface area contributed by atoms with Gasteiger partial charge in [-0.25, -0.2) is 0 Å². The van der Waals surface area contributed by atoms with Gasteiger partial charge in [-0.2, -0.15) is 0 Å². The fraction of sp³-hybridized carbons (Fsp3) is 0.538. The molecule has 0 saturated heterocycles. The zero-order chi connectivity index (χ0) is 11.8. The smallest absolute Gasteiger partial charge is 0.123 e. The number of methoxy groups -OCH3 is 1. The van der Waals surface area contributed by atoms with Gasteiger partial charge in [-0.1, -0.05) is 18.2 Å². The lowest BCUT2D eigenvalue weighted by Crippen LogP contribution is -2.20. The molecule has 0 amide bonds. The molecule has 3 heteroatoms. The van der Waals surface area contributed by atoms with E-state index in [9.17, 15) is 0 Å². The van der Waals surface area contributed by atoms with E-state index in [1.807, 2.05) is 18.2 Å². The number of benzene rings is 1. The van der Waals surface area contributed by atoms with Crippen molar-refractivity contribution in [3.8, 4) is 5.75 Å². The molecule has 2 N–H and O–H groups in total. The Morgan fingerprint density at radius 2 is 2.06 bits per heavy atom. The van der Waals surface area contributed by atoms with Crippen LogP contribution >= 0.6 is 0 Å². The van der Waals surface area contributed by atoms with E-state index in [0.29, 0.717) is 0 Å². The van der Waals surface area contributed by atoms with Crippen LogP contribution in [0.2, 0.25) is 0 Å². The van der Waals surface area contributed by atoms with E-state index in [2.05, 4.69) is 18.3 Å². The van der Waals surface area contributed by atoms with Gasteiger partial charge in [-0.05, 0) is 32.4 Å². The summed E-state index contributed by atoms with van der Waals surface area (Å²) in [4.78, 5) is 0. The molecular weight excluding hydrogens is 202 g/mol. The summed E-state index contributed by atoms with van der Waals surface area (Å²) in [7, 11) is 1.69. The molecule has 0 aliphatic rings. The Kier molecular flexibility index (Phi) is 5.90. The van der Waals surface area contributed by atoms with Gasteiger partial charge in [0.05, 0.1) is 7.11 Å². The molecule has 1 atom stereocenters. The zero-order valence-electron chi connectivity index (χ0n) is 10.1. The van der Waals surface area contributed by atoms with E-state index in [4.69, 9.17) is 9.84 Å². The molecule has 1 rings (SSSR count). The molecule has 1 unspecified atom stereocenters.